The monoisotopic (exact) mass is 520 g/mol. The summed E-state index contributed by atoms with van der Waals surface area (Å²) in [7, 11) is 3.06. The van der Waals surface area contributed by atoms with E-state index in [-0.39, 0.29) is 28.8 Å². The number of methoxy groups -OCH3 is 2. The van der Waals surface area contributed by atoms with Gasteiger partial charge in [-0.2, -0.15) is 0 Å². The number of furan rings is 1. The summed E-state index contributed by atoms with van der Waals surface area (Å²) in [4.78, 5) is 25.4. The van der Waals surface area contributed by atoms with Crippen molar-refractivity contribution in [3.63, 3.8) is 0 Å². The lowest BCUT2D eigenvalue weighted by Crippen LogP contribution is -2.07. The van der Waals surface area contributed by atoms with Crippen LogP contribution >= 0.6 is 15.9 Å². The number of fused-ring (bicyclic) bond motifs is 2. The molecule has 0 saturated carbocycles. The summed E-state index contributed by atoms with van der Waals surface area (Å²) in [6.45, 7) is 0. The molecule has 7 nitrogen and oxygen atoms in total. The van der Waals surface area contributed by atoms with E-state index in [9.17, 15) is 9.59 Å². The van der Waals surface area contributed by atoms with Crippen molar-refractivity contribution >= 4 is 44.7 Å². The van der Waals surface area contributed by atoms with Crippen molar-refractivity contribution in [1.29, 1.82) is 0 Å². The lowest BCUT2D eigenvalue weighted by molar-refractivity contribution is 0.0703. The summed E-state index contributed by atoms with van der Waals surface area (Å²) in [6, 6.07) is 16.9. The molecular formula is C26H17BrO7. The summed E-state index contributed by atoms with van der Waals surface area (Å²) < 4.78 is 28.4. The van der Waals surface area contributed by atoms with E-state index in [2.05, 4.69) is 15.9 Å². The molecule has 4 aromatic rings. The number of halogens is 1. The van der Waals surface area contributed by atoms with E-state index in [1.807, 2.05) is 12.1 Å². The molecule has 170 valence electrons. The fourth-order valence-electron chi connectivity index (χ4n) is 3.67. The van der Waals surface area contributed by atoms with Gasteiger partial charge in [0, 0.05) is 21.5 Å². The van der Waals surface area contributed by atoms with Crippen LogP contribution in [0.3, 0.4) is 0 Å². The van der Waals surface area contributed by atoms with Crippen molar-refractivity contribution < 1.29 is 33.0 Å². The Morgan fingerprint density at radius 2 is 1.85 bits per heavy atom. The Kier molecular flexibility index (Phi) is 5.59. The van der Waals surface area contributed by atoms with Crippen molar-refractivity contribution in [3.05, 3.63) is 87.8 Å². The highest BCUT2D eigenvalue weighted by Crippen LogP contribution is 2.38. The number of ketones is 1. The van der Waals surface area contributed by atoms with Gasteiger partial charge in [-0.25, -0.2) is 4.79 Å². The molecule has 0 saturated heterocycles. The minimum absolute atomic E-state index is 0.0660. The summed E-state index contributed by atoms with van der Waals surface area (Å²) in [5.74, 6) is 0.762. The van der Waals surface area contributed by atoms with Gasteiger partial charge in [-0.05, 0) is 48.5 Å². The predicted molar refractivity (Wildman–Crippen MR) is 128 cm³/mol. The molecule has 0 atom stereocenters. The maximum absolute atomic E-state index is 12.8. The number of carbonyl (C=O) groups excluding carboxylic acids is 2. The van der Waals surface area contributed by atoms with E-state index in [1.165, 1.54) is 26.4 Å². The number of allylic oxidation sites excluding steroid dienone is 1. The molecule has 0 unspecified atom stereocenters. The second-order valence-corrected chi connectivity index (χ2v) is 8.28. The van der Waals surface area contributed by atoms with Crippen LogP contribution < -0.4 is 18.9 Å². The maximum atomic E-state index is 12.8. The third-order valence-electron chi connectivity index (χ3n) is 5.25. The van der Waals surface area contributed by atoms with Gasteiger partial charge < -0.3 is 23.4 Å². The molecule has 2 heterocycles. The molecule has 1 aliphatic rings. The van der Waals surface area contributed by atoms with Gasteiger partial charge in [0.1, 0.15) is 17.1 Å². The fourth-order valence-corrected chi connectivity index (χ4v) is 4.05. The number of Topliss-reactive ketones (excluding diaryl/α,β-unsaturated/α-hetero) is 1. The van der Waals surface area contributed by atoms with E-state index in [0.29, 0.717) is 28.2 Å². The van der Waals surface area contributed by atoms with Crippen molar-refractivity contribution in [3.8, 4) is 23.0 Å². The largest absolute Gasteiger partial charge is 0.493 e. The molecule has 0 spiro atoms. The molecule has 0 bridgehead atoms. The Balaban J connectivity index is 1.39. The van der Waals surface area contributed by atoms with Gasteiger partial charge in [-0.15, -0.1) is 0 Å². The summed E-state index contributed by atoms with van der Waals surface area (Å²) in [5.41, 5.74) is 1.56. The highest BCUT2D eigenvalue weighted by Gasteiger charge is 2.29. The van der Waals surface area contributed by atoms with Crippen molar-refractivity contribution in [1.82, 2.24) is 0 Å². The molecule has 1 aromatic heterocycles. The third-order valence-corrected chi connectivity index (χ3v) is 5.74. The number of ether oxygens (including phenoxy) is 4. The molecule has 0 aliphatic carbocycles. The van der Waals surface area contributed by atoms with E-state index < -0.39 is 5.97 Å². The Hall–Kier alpha value is -4.04. The Bertz CT molecular complexity index is 1480. The van der Waals surface area contributed by atoms with Gasteiger partial charge in [-0.1, -0.05) is 28.1 Å². The van der Waals surface area contributed by atoms with Crippen LogP contribution in [-0.4, -0.2) is 26.0 Å². The maximum Gasteiger partial charge on any atom is 0.379 e. The van der Waals surface area contributed by atoms with E-state index >= 15 is 0 Å². The third kappa shape index (κ3) is 3.92. The number of carbonyl (C=O) groups is 2. The van der Waals surface area contributed by atoms with Gasteiger partial charge in [0.05, 0.1) is 19.8 Å². The zero-order chi connectivity index (χ0) is 23.8. The normalized spacial score (nSPS) is 13.6. The number of esters is 1. The van der Waals surface area contributed by atoms with Crippen LogP contribution in [0.5, 0.6) is 23.0 Å². The van der Waals surface area contributed by atoms with Crippen molar-refractivity contribution in [2.75, 3.05) is 14.2 Å². The van der Waals surface area contributed by atoms with Gasteiger partial charge >= 0.3 is 5.97 Å². The highest BCUT2D eigenvalue weighted by atomic mass is 79.9. The number of hydrogen-bond donors (Lipinski definition) is 0. The van der Waals surface area contributed by atoms with Crippen LogP contribution in [0.4, 0.5) is 0 Å². The quantitative estimate of drug-likeness (QED) is 0.180. The van der Waals surface area contributed by atoms with Crippen molar-refractivity contribution in [2.24, 2.45) is 0 Å². The van der Waals surface area contributed by atoms with Crippen LogP contribution in [0.1, 0.15) is 26.5 Å². The van der Waals surface area contributed by atoms with Crippen LogP contribution in [0.2, 0.25) is 0 Å². The average molecular weight is 521 g/mol. The molecular weight excluding hydrogens is 504 g/mol. The number of para-hydroxylation sites is 1. The number of benzene rings is 3. The Morgan fingerprint density at radius 1 is 1.00 bits per heavy atom. The average Bonchev–Trinajstić information content (AvgIpc) is 3.39. The highest BCUT2D eigenvalue weighted by molar-refractivity contribution is 9.10. The molecule has 5 rings (SSSR count). The SMILES string of the molecule is COc1cccc(/C=C2\Oc3cc(OC(=O)c4cc5cc(Br)ccc5o4)ccc3C2=O)c1OC. The molecule has 0 fully saturated rings. The molecule has 1 aliphatic heterocycles. The topological polar surface area (TPSA) is 84.2 Å². The first-order valence-corrected chi connectivity index (χ1v) is 11.0. The van der Waals surface area contributed by atoms with E-state index in [1.54, 1.807) is 42.5 Å². The van der Waals surface area contributed by atoms with Crippen LogP contribution in [0, 0.1) is 0 Å². The van der Waals surface area contributed by atoms with E-state index in [4.69, 9.17) is 23.4 Å². The zero-order valence-corrected chi connectivity index (χ0v) is 19.7. The lowest BCUT2D eigenvalue weighted by Gasteiger charge is -2.10. The smallest absolute Gasteiger partial charge is 0.379 e. The number of rotatable bonds is 5. The van der Waals surface area contributed by atoms with Crippen LogP contribution in [0.25, 0.3) is 17.0 Å². The number of hydrogen-bond acceptors (Lipinski definition) is 7. The van der Waals surface area contributed by atoms with Gasteiger partial charge in [0.15, 0.2) is 17.3 Å². The second kappa shape index (κ2) is 8.72. The van der Waals surface area contributed by atoms with Gasteiger partial charge in [0.25, 0.3) is 0 Å². The Labute approximate surface area is 202 Å². The first-order chi connectivity index (χ1) is 16.5. The Morgan fingerprint density at radius 3 is 2.65 bits per heavy atom. The molecule has 8 heteroatoms. The molecule has 3 aromatic carbocycles. The minimum atomic E-state index is -0.659. The summed E-state index contributed by atoms with van der Waals surface area (Å²) in [6.07, 6.45) is 1.59. The predicted octanol–water partition coefficient (Wildman–Crippen LogP) is 6.05. The zero-order valence-electron chi connectivity index (χ0n) is 18.1. The standard InChI is InChI=1S/C26H17BrO7/c1-30-20-5-3-4-14(25(20)31-2)11-22-24(28)18-8-7-17(13-21(18)34-22)32-26(29)23-12-15-10-16(27)6-9-19(15)33-23/h3-13H,1-2H3/b22-11-. The first kappa shape index (κ1) is 21.8. The fraction of sp³-hybridized carbons (Fsp3) is 0.0769. The van der Waals surface area contributed by atoms with Crippen molar-refractivity contribution in [2.45, 2.75) is 0 Å². The van der Waals surface area contributed by atoms with E-state index in [0.717, 1.165) is 9.86 Å². The molecule has 0 N–H and O–H groups in total. The van der Waals surface area contributed by atoms with Crippen LogP contribution in [-0.2, 0) is 0 Å². The second-order valence-electron chi connectivity index (χ2n) is 7.36. The summed E-state index contributed by atoms with van der Waals surface area (Å²) in [5, 5.41) is 0.770. The van der Waals surface area contributed by atoms with Crippen LogP contribution in [0.15, 0.2) is 75.3 Å². The summed E-state index contributed by atoms with van der Waals surface area (Å²) >= 11 is 3.39. The molecule has 0 amide bonds. The minimum Gasteiger partial charge on any atom is -0.493 e. The molecule has 0 radical (unpaired) electrons. The molecule has 34 heavy (non-hydrogen) atoms. The van der Waals surface area contributed by atoms with Gasteiger partial charge in [0.2, 0.25) is 11.5 Å². The van der Waals surface area contributed by atoms with Gasteiger partial charge in [-0.3, -0.25) is 4.79 Å². The lowest BCUT2D eigenvalue weighted by atomic mass is 10.1. The first-order valence-electron chi connectivity index (χ1n) is 10.2.